The number of hydrogen-bond donors (Lipinski definition) is 1. The molecule has 4 fully saturated rings. The fourth-order valence-corrected chi connectivity index (χ4v) is 5.03. The average Bonchev–Trinajstić information content (AvgIpc) is 3.84. The van der Waals surface area contributed by atoms with Crippen LogP contribution < -0.4 is 29.8 Å². The summed E-state index contributed by atoms with van der Waals surface area (Å²) in [6, 6.07) is 19.9. The van der Waals surface area contributed by atoms with Crippen molar-refractivity contribution in [3.8, 4) is 23.0 Å². The van der Waals surface area contributed by atoms with Gasteiger partial charge in [0.25, 0.3) is 0 Å². The summed E-state index contributed by atoms with van der Waals surface area (Å²) < 4.78 is 46.5. The first-order chi connectivity index (χ1) is 20.7. The maximum atomic E-state index is 7.15. The van der Waals surface area contributed by atoms with Gasteiger partial charge in [-0.1, -0.05) is 24.3 Å². The Morgan fingerprint density at radius 3 is 1.62 bits per heavy atom. The van der Waals surface area contributed by atoms with Crippen molar-refractivity contribution in [2.24, 2.45) is 5.84 Å². The van der Waals surface area contributed by atoms with Crippen molar-refractivity contribution in [3.63, 3.8) is 0 Å². The topological polar surface area (TPSA) is 113 Å². The van der Waals surface area contributed by atoms with Crippen LogP contribution in [-0.4, -0.2) is 70.9 Å². The van der Waals surface area contributed by atoms with E-state index < -0.39 is 0 Å². The number of fused-ring (bicyclic) bond motifs is 2. The first kappa shape index (κ1) is 25.9. The predicted molar refractivity (Wildman–Crippen MR) is 155 cm³/mol. The van der Waals surface area contributed by atoms with Crippen molar-refractivity contribution in [2.75, 3.05) is 51.3 Å². The van der Waals surface area contributed by atoms with Gasteiger partial charge in [0.2, 0.25) is 6.29 Å². The van der Waals surface area contributed by atoms with Crippen molar-refractivity contribution < 1.29 is 37.9 Å². The van der Waals surface area contributed by atoms with Gasteiger partial charge in [0.15, 0.2) is 0 Å². The quantitative estimate of drug-likeness (QED) is 0.140. The summed E-state index contributed by atoms with van der Waals surface area (Å²) in [5, 5.41) is 5.38. The summed E-state index contributed by atoms with van der Waals surface area (Å²) in [5.74, 6) is 9.83. The Labute approximate surface area is 242 Å². The molecule has 0 aliphatic carbocycles. The number of rotatable bonds is 13. The van der Waals surface area contributed by atoms with Crippen LogP contribution in [0.3, 0.4) is 0 Å². The maximum Gasteiger partial charge on any atom is 0.202 e. The lowest BCUT2D eigenvalue weighted by atomic mass is 10.0. The Hall–Kier alpha value is -3.80. The van der Waals surface area contributed by atoms with Crippen LogP contribution in [0.5, 0.6) is 23.0 Å². The van der Waals surface area contributed by atoms with E-state index in [-0.39, 0.29) is 24.6 Å². The molecule has 2 N–H and O–H groups in total. The van der Waals surface area contributed by atoms with Crippen molar-refractivity contribution in [3.05, 3.63) is 60.7 Å². The number of nitrogens with two attached hydrogens (primary N) is 1. The Morgan fingerprint density at radius 1 is 0.643 bits per heavy atom. The van der Waals surface area contributed by atoms with E-state index in [0.717, 1.165) is 52.7 Å². The second kappa shape index (κ2) is 10.8. The first-order valence-corrected chi connectivity index (χ1v) is 14.4. The van der Waals surface area contributed by atoms with Gasteiger partial charge in [0.05, 0.1) is 26.4 Å². The predicted octanol–water partition coefficient (Wildman–Crippen LogP) is 4.46. The van der Waals surface area contributed by atoms with Gasteiger partial charge < -0.3 is 37.9 Å². The van der Waals surface area contributed by atoms with Gasteiger partial charge >= 0.3 is 0 Å². The number of epoxide rings is 3. The van der Waals surface area contributed by atoms with Crippen LogP contribution in [0.1, 0.15) is 6.42 Å². The van der Waals surface area contributed by atoms with Crippen LogP contribution in [-0.2, 0) is 18.9 Å². The molecule has 10 nitrogen and oxygen atoms in total. The molecule has 0 spiro atoms. The largest absolute Gasteiger partial charge is 0.491 e. The Balaban J connectivity index is 1.25. The van der Waals surface area contributed by atoms with Gasteiger partial charge in [0, 0.05) is 17.2 Å². The summed E-state index contributed by atoms with van der Waals surface area (Å²) in [4.78, 5) is 0. The third-order valence-electron chi connectivity index (χ3n) is 7.76. The third-order valence-corrected chi connectivity index (χ3v) is 7.76. The van der Waals surface area contributed by atoms with Crippen molar-refractivity contribution in [1.29, 1.82) is 0 Å². The van der Waals surface area contributed by atoms with E-state index in [1.807, 2.05) is 60.7 Å². The lowest BCUT2D eigenvalue weighted by Gasteiger charge is -2.31. The van der Waals surface area contributed by atoms with E-state index in [0.29, 0.717) is 55.9 Å². The molecule has 218 valence electrons. The number of nitrogens with zero attached hydrogens (tertiary/aromatic N) is 1. The molecule has 4 saturated heterocycles. The zero-order valence-corrected chi connectivity index (χ0v) is 23.0. The molecule has 10 heteroatoms. The molecule has 0 bridgehead atoms. The minimum absolute atomic E-state index is 0.0790. The van der Waals surface area contributed by atoms with E-state index in [1.165, 1.54) is 0 Å². The van der Waals surface area contributed by atoms with Gasteiger partial charge in [0.1, 0.15) is 72.5 Å². The van der Waals surface area contributed by atoms with Crippen LogP contribution in [0.4, 0.5) is 11.4 Å². The molecule has 0 saturated carbocycles. The molecule has 42 heavy (non-hydrogen) atoms. The highest BCUT2D eigenvalue weighted by molar-refractivity contribution is 6.05. The summed E-state index contributed by atoms with van der Waals surface area (Å²) in [7, 11) is 0. The van der Waals surface area contributed by atoms with Crippen LogP contribution in [0, 0.1) is 0 Å². The number of ether oxygens (including phenoxy) is 8. The van der Waals surface area contributed by atoms with E-state index in [4.69, 9.17) is 43.7 Å². The van der Waals surface area contributed by atoms with Crippen molar-refractivity contribution in [1.82, 2.24) is 0 Å². The fraction of sp³-hybridized carbons (Fsp3) is 0.375. The molecule has 4 heterocycles. The van der Waals surface area contributed by atoms with Crippen LogP contribution >= 0.6 is 0 Å². The van der Waals surface area contributed by atoms with Gasteiger partial charge in [-0.25, -0.2) is 5.84 Å². The molecule has 8 rings (SSSR count). The van der Waals surface area contributed by atoms with Gasteiger partial charge in [-0.3, -0.25) is 5.01 Å². The lowest BCUT2D eigenvalue weighted by Crippen LogP contribution is -2.33. The molecule has 4 aromatic carbocycles. The highest BCUT2D eigenvalue weighted by Gasteiger charge is 2.29. The standard InChI is InChI=1S/C32H32N2O8/c33-34(31-26-11-21(36-13-23-15-38-23)5-1-19(26)3-7-28(31)41-18-25-17-40-25)32-27-12-22(37-14-24-16-39-24)6-2-20(27)4-8-29(32)42-30-9-10-35-30/h1-8,11-12,23-25,30H,9-10,13-18,33H2. The lowest BCUT2D eigenvalue weighted by molar-refractivity contribution is -0.165. The Bertz CT molecular complexity index is 1610. The van der Waals surface area contributed by atoms with Crippen molar-refractivity contribution in [2.45, 2.75) is 31.0 Å². The highest BCUT2D eigenvalue weighted by Crippen LogP contribution is 2.46. The number of hydrazine groups is 1. The second-order valence-corrected chi connectivity index (χ2v) is 11.0. The molecule has 0 amide bonds. The van der Waals surface area contributed by atoms with Gasteiger partial charge in [-0.2, -0.15) is 0 Å². The number of hydrogen-bond acceptors (Lipinski definition) is 10. The van der Waals surface area contributed by atoms with E-state index in [9.17, 15) is 0 Å². The normalized spacial score (nSPS) is 23.7. The second-order valence-electron chi connectivity index (χ2n) is 11.0. The van der Waals surface area contributed by atoms with Gasteiger partial charge in [-0.05, 0) is 47.2 Å². The molecule has 0 radical (unpaired) electrons. The van der Waals surface area contributed by atoms with E-state index in [1.54, 1.807) is 5.01 Å². The summed E-state index contributed by atoms with van der Waals surface area (Å²) in [5.41, 5.74) is 1.36. The van der Waals surface area contributed by atoms with E-state index in [2.05, 4.69) is 0 Å². The molecule has 4 unspecified atom stereocenters. The minimum atomic E-state index is -0.332. The number of anilines is 2. The van der Waals surface area contributed by atoms with Crippen LogP contribution in [0.15, 0.2) is 60.7 Å². The molecule has 4 aliphatic rings. The molecular weight excluding hydrogens is 540 g/mol. The molecular formula is C32H32N2O8. The SMILES string of the molecule is NN(c1c(OCC2CO2)ccc2ccc(OCC3CO3)cc12)c1c(OC2CCO2)ccc2ccc(OCC3CO3)cc12. The average molecular weight is 573 g/mol. The third kappa shape index (κ3) is 5.51. The van der Waals surface area contributed by atoms with Crippen LogP contribution in [0.2, 0.25) is 0 Å². The number of benzene rings is 4. The monoisotopic (exact) mass is 572 g/mol. The zero-order chi connectivity index (χ0) is 28.0. The Morgan fingerprint density at radius 2 is 1.12 bits per heavy atom. The molecule has 4 aromatic rings. The maximum absolute atomic E-state index is 7.15. The smallest absolute Gasteiger partial charge is 0.202 e. The molecule has 4 aliphatic heterocycles. The minimum Gasteiger partial charge on any atom is -0.491 e. The van der Waals surface area contributed by atoms with Crippen LogP contribution in [0.25, 0.3) is 21.5 Å². The van der Waals surface area contributed by atoms with Crippen molar-refractivity contribution >= 4 is 32.9 Å². The summed E-state index contributed by atoms with van der Waals surface area (Å²) in [6.07, 6.45) is 0.843. The Kier molecular flexibility index (Phi) is 6.65. The highest BCUT2D eigenvalue weighted by atomic mass is 16.7. The molecule has 0 aromatic heterocycles. The zero-order valence-electron chi connectivity index (χ0n) is 23.0. The summed E-state index contributed by atoms with van der Waals surface area (Å²) in [6.45, 7) is 4.23. The molecule has 4 atom stereocenters. The van der Waals surface area contributed by atoms with Gasteiger partial charge in [-0.15, -0.1) is 0 Å². The van der Waals surface area contributed by atoms with E-state index >= 15 is 0 Å². The first-order valence-electron chi connectivity index (χ1n) is 14.4. The summed E-state index contributed by atoms with van der Waals surface area (Å²) >= 11 is 0. The fourth-order valence-electron chi connectivity index (χ4n) is 5.03.